The minimum absolute atomic E-state index is 0.694. The van der Waals surface area contributed by atoms with Gasteiger partial charge in [0.05, 0.1) is 6.54 Å². The summed E-state index contributed by atoms with van der Waals surface area (Å²) in [4.78, 5) is 2.18. The molecule has 0 aliphatic heterocycles. The van der Waals surface area contributed by atoms with Crippen molar-refractivity contribution in [2.75, 3.05) is 31.7 Å². The van der Waals surface area contributed by atoms with Crippen molar-refractivity contribution in [1.82, 2.24) is 19.7 Å². The van der Waals surface area contributed by atoms with E-state index in [0.29, 0.717) is 6.54 Å². The maximum absolute atomic E-state index is 4.32. The molecule has 0 unspecified atom stereocenters. The lowest BCUT2D eigenvalue weighted by atomic mass is 10.3. The van der Waals surface area contributed by atoms with Crippen LogP contribution in [0.15, 0.2) is 35.5 Å². The third kappa shape index (κ3) is 4.75. The highest BCUT2D eigenvalue weighted by atomic mass is 32.2. The summed E-state index contributed by atoms with van der Waals surface area (Å²) < 4.78 is 2.18. The number of rotatable bonds is 8. The molecule has 5 nitrogen and oxygen atoms in total. The van der Waals surface area contributed by atoms with Crippen LogP contribution in [-0.2, 0) is 13.1 Å². The summed E-state index contributed by atoms with van der Waals surface area (Å²) in [6.45, 7) is 4.76. The van der Waals surface area contributed by atoms with Crippen LogP contribution in [0.2, 0.25) is 0 Å². The predicted octanol–water partition coefficient (Wildman–Crippen LogP) is 2.56. The van der Waals surface area contributed by atoms with E-state index in [1.807, 2.05) is 18.2 Å². The minimum Gasteiger partial charge on any atom is -0.378 e. The van der Waals surface area contributed by atoms with Crippen LogP contribution in [0.3, 0.4) is 0 Å². The Balaban J connectivity index is 1.95. The summed E-state index contributed by atoms with van der Waals surface area (Å²) in [6, 6.07) is 10.2. The average Bonchev–Trinajstić information content (AvgIpc) is 2.88. The normalized spacial score (nSPS) is 11.0. The van der Waals surface area contributed by atoms with Gasteiger partial charge in [0, 0.05) is 24.5 Å². The van der Waals surface area contributed by atoms with E-state index in [1.165, 1.54) is 0 Å². The highest BCUT2D eigenvalue weighted by molar-refractivity contribution is 7.99. The van der Waals surface area contributed by atoms with Crippen molar-refractivity contribution in [3.05, 3.63) is 36.2 Å². The maximum Gasteiger partial charge on any atom is 0.191 e. The highest BCUT2D eigenvalue weighted by Gasteiger charge is 2.10. The molecule has 0 fully saturated rings. The minimum atomic E-state index is 0.694. The number of anilines is 1. The van der Waals surface area contributed by atoms with Gasteiger partial charge in [-0.05, 0) is 33.2 Å². The summed E-state index contributed by atoms with van der Waals surface area (Å²) in [5.74, 6) is 2.01. The van der Waals surface area contributed by atoms with Crippen molar-refractivity contribution in [3.63, 3.8) is 0 Å². The zero-order valence-electron chi connectivity index (χ0n) is 12.9. The molecule has 1 aromatic heterocycles. The Bertz CT molecular complexity index is 538. The first-order valence-electron chi connectivity index (χ1n) is 7.19. The molecule has 1 aromatic carbocycles. The molecule has 6 heteroatoms. The van der Waals surface area contributed by atoms with Gasteiger partial charge in [0.2, 0.25) is 0 Å². The number of nitrogens with one attached hydrogen (secondary N) is 1. The van der Waals surface area contributed by atoms with Gasteiger partial charge in [0.15, 0.2) is 11.0 Å². The average molecular weight is 305 g/mol. The predicted molar refractivity (Wildman–Crippen MR) is 88.7 cm³/mol. The largest absolute Gasteiger partial charge is 0.378 e. The molecule has 2 rings (SSSR count). The number of para-hydroxylation sites is 1. The maximum atomic E-state index is 4.32. The van der Waals surface area contributed by atoms with Gasteiger partial charge in [-0.2, -0.15) is 0 Å². The molecule has 2 aromatic rings. The van der Waals surface area contributed by atoms with Crippen molar-refractivity contribution in [2.24, 2.45) is 0 Å². The molecule has 0 atom stereocenters. The Hall–Kier alpha value is -1.53. The van der Waals surface area contributed by atoms with Crippen LogP contribution in [0.1, 0.15) is 12.7 Å². The molecule has 0 aliphatic rings. The molecule has 1 heterocycles. The Morgan fingerprint density at radius 1 is 1.19 bits per heavy atom. The van der Waals surface area contributed by atoms with Gasteiger partial charge < -0.3 is 14.8 Å². The Morgan fingerprint density at radius 2 is 1.95 bits per heavy atom. The quantitative estimate of drug-likeness (QED) is 0.760. The number of nitrogens with zero attached hydrogens (tertiary/aromatic N) is 4. The van der Waals surface area contributed by atoms with E-state index in [0.717, 1.165) is 35.5 Å². The number of thioether (sulfide) groups is 1. The standard InChI is InChI=1S/C15H23N5S/c1-4-20-14(12-16-13-8-6-5-7-9-13)17-18-15(20)21-11-10-19(2)3/h5-9,16H,4,10-12H2,1-3H3. The van der Waals surface area contributed by atoms with E-state index in [1.54, 1.807) is 11.8 Å². The monoisotopic (exact) mass is 305 g/mol. The zero-order valence-corrected chi connectivity index (χ0v) is 13.7. The first-order valence-corrected chi connectivity index (χ1v) is 8.17. The Morgan fingerprint density at radius 3 is 2.62 bits per heavy atom. The number of aromatic nitrogens is 3. The van der Waals surface area contributed by atoms with Crippen LogP contribution in [0.25, 0.3) is 0 Å². The Labute approximate surface area is 130 Å². The molecule has 1 N–H and O–H groups in total. The highest BCUT2D eigenvalue weighted by Crippen LogP contribution is 2.17. The topological polar surface area (TPSA) is 46.0 Å². The summed E-state index contributed by atoms with van der Waals surface area (Å²) in [7, 11) is 4.17. The van der Waals surface area contributed by atoms with E-state index in [4.69, 9.17) is 0 Å². The van der Waals surface area contributed by atoms with Crippen molar-refractivity contribution >= 4 is 17.4 Å². The van der Waals surface area contributed by atoms with Crippen molar-refractivity contribution in [3.8, 4) is 0 Å². The molecule has 0 radical (unpaired) electrons. The summed E-state index contributed by atoms with van der Waals surface area (Å²) >= 11 is 1.76. The first kappa shape index (κ1) is 15.9. The fourth-order valence-corrected chi connectivity index (χ4v) is 3.06. The van der Waals surface area contributed by atoms with Crippen molar-refractivity contribution in [1.29, 1.82) is 0 Å². The van der Waals surface area contributed by atoms with Gasteiger partial charge >= 0.3 is 0 Å². The zero-order chi connectivity index (χ0) is 15.1. The van der Waals surface area contributed by atoms with Gasteiger partial charge in [0.25, 0.3) is 0 Å². The number of benzene rings is 1. The van der Waals surface area contributed by atoms with E-state index in [9.17, 15) is 0 Å². The Kier molecular flexibility index (Phi) is 6.07. The van der Waals surface area contributed by atoms with Gasteiger partial charge in [-0.1, -0.05) is 30.0 Å². The van der Waals surface area contributed by atoms with Gasteiger partial charge in [-0.15, -0.1) is 10.2 Å². The summed E-state index contributed by atoms with van der Waals surface area (Å²) in [5.41, 5.74) is 1.10. The molecule has 21 heavy (non-hydrogen) atoms. The third-order valence-electron chi connectivity index (χ3n) is 3.10. The van der Waals surface area contributed by atoms with E-state index >= 15 is 0 Å². The molecular weight excluding hydrogens is 282 g/mol. The van der Waals surface area contributed by atoms with Crippen molar-refractivity contribution < 1.29 is 0 Å². The van der Waals surface area contributed by atoms with Gasteiger partial charge in [-0.25, -0.2) is 0 Å². The van der Waals surface area contributed by atoms with E-state index in [2.05, 4.69) is 58.1 Å². The van der Waals surface area contributed by atoms with E-state index in [-0.39, 0.29) is 0 Å². The van der Waals surface area contributed by atoms with E-state index < -0.39 is 0 Å². The number of hydrogen-bond acceptors (Lipinski definition) is 5. The van der Waals surface area contributed by atoms with Gasteiger partial charge in [-0.3, -0.25) is 0 Å². The molecular formula is C15H23N5S. The smallest absolute Gasteiger partial charge is 0.191 e. The lowest BCUT2D eigenvalue weighted by molar-refractivity contribution is 0.437. The summed E-state index contributed by atoms with van der Waals surface area (Å²) in [5, 5.41) is 13.0. The lowest BCUT2D eigenvalue weighted by Crippen LogP contribution is -2.15. The fourth-order valence-electron chi connectivity index (χ4n) is 1.93. The number of hydrogen-bond donors (Lipinski definition) is 1. The van der Waals surface area contributed by atoms with Crippen LogP contribution in [0.4, 0.5) is 5.69 Å². The molecule has 0 bridgehead atoms. The molecule has 0 spiro atoms. The first-order chi connectivity index (χ1) is 10.2. The summed E-state index contributed by atoms with van der Waals surface area (Å²) in [6.07, 6.45) is 0. The second-order valence-electron chi connectivity index (χ2n) is 5.01. The second kappa shape index (κ2) is 8.05. The van der Waals surface area contributed by atoms with Crippen LogP contribution in [0.5, 0.6) is 0 Å². The molecule has 114 valence electrons. The molecule has 0 amide bonds. The SMILES string of the molecule is CCn1c(CNc2ccccc2)nnc1SCCN(C)C. The van der Waals surface area contributed by atoms with Crippen LogP contribution in [0, 0.1) is 0 Å². The van der Waals surface area contributed by atoms with Crippen LogP contribution < -0.4 is 5.32 Å². The van der Waals surface area contributed by atoms with Crippen molar-refractivity contribution in [2.45, 2.75) is 25.2 Å². The molecule has 0 saturated heterocycles. The second-order valence-corrected chi connectivity index (χ2v) is 6.08. The molecule has 0 saturated carbocycles. The lowest BCUT2D eigenvalue weighted by Gasteiger charge is -2.10. The fraction of sp³-hybridized carbons (Fsp3) is 0.467. The molecule has 0 aliphatic carbocycles. The van der Waals surface area contributed by atoms with Gasteiger partial charge in [0.1, 0.15) is 0 Å². The van der Waals surface area contributed by atoms with Crippen LogP contribution in [-0.4, -0.2) is 46.1 Å². The third-order valence-corrected chi connectivity index (χ3v) is 4.05. The van der Waals surface area contributed by atoms with Crippen LogP contribution >= 0.6 is 11.8 Å².